The van der Waals surface area contributed by atoms with Crippen molar-refractivity contribution in [1.82, 2.24) is 24.9 Å². The van der Waals surface area contributed by atoms with E-state index in [0.29, 0.717) is 5.92 Å². The lowest BCUT2D eigenvalue weighted by Crippen LogP contribution is -2.13. The molecule has 0 unspecified atom stereocenters. The van der Waals surface area contributed by atoms with Crippen LogP contribution in [0.2, 0.25) is 5.02 Å². The van der Waals surface area contributed by atoms with Gasteiger partial charge in [-0.3, -0.25) is 4.68 Å². The Morgan fingerprint density at radius 3 is 2.91 bits per heavy atom. The zero-order valence-corrected chi connectivity index (χ0v) is 13.9. The zero-order chi connectivity index (χ0) is 15.8. The molecular weight excluding hydrogens is 310 g/mol. The number of nitrogens with one attached hydrogen (secondary N) is 1. The van der Waals surface area contributed by atoms with Crippen molar-refractivity contribution >= 4 is 22.5 Å². The topological polar surface area (TPSA) is 47.7 Å². The second kappa shape index (κ2) is 5.98. The fourth-order valence-electron chi connectivity index (χ4n) is 3.43. The van der Waals surface area contributed by atoms with Crippen molar-refractivity contribution < 1.29 is 0 Å². The maximum atomic E-state index is 6.58. The van der Waals surface area contributed by atoms with Gasteiger partial charge in [0.1, 0.15) is 5.69 Å². The summed E-state index contributed by atoms with van der Waals surface area (Å²) in [5.41, 5.74) is 3.31. The van der Waals surface area contributed by atoms with Crippen LogP contribution in [0.15, 0.2) is 30.7 Å². The number of hydrogen-bond donors (Lipinski definition) is 1. The Labute approximate surface area is 140 Å². The normalized spacial score (nSPS) is 19.1. The number of nitrogens with zero attached hydrogens (tertiary/aromatic N) is 4. The Hall–Kier alpha value is -1.85. The van der Waals surface area contributed by atoms with Crippen molar-refractivity contribution in [3.05, 3.63) is 41.3 Å². The van der Waals surface area contributed by atoms with Crippen molar-refractivity contribution in [1.29, 1.82) is 0 Å². The van der Waals surface area contributed by atoms with E-state index in [4.69, 9.17) is 11.6 Å². The van der Waals surface area contributed by atoms with Gasteiger partial charge in [0.05, 0.1) is 24.1 Å². The molecular formula is C17H20ClN5. The average Bonchev–Trinajstić information content (AvgIpc) is 3.03. The predicted molar refractivity (Wildman–Crippen MR) is 92.3 cm³/mol. The SMILES string of the molecule is Cn1cc(-n2ncc3cc(Cl)c([C@@H]4CCCNCC4)cc32)cn1. The Morgan fingerprint density at radius 1 is 1.17 bits per heavy atom. The summed E-state index contributed by atoms with van der Waals surface area (Å²) in [7, 11) is 1.91. The molecule has 3 aromatic rings. The lowest BCUT2D eigenvalue weighted by molar-refractivity contribution is 0.610. The van der Waals surface area contributed by atoms with E-state index in [1.165, 1.54) is 18.4 Å². The van der Waals surface area contributed by atoms with E-state index in [1.807, 2.05) is 36.4 Å². The first-order valence-electron chi connectivity index (χ1n) is 8.09. The third-order valence-electron chi connectivity index (χ3n) is 4.64. The molecule has 0 saturated carbocycles. The minimum Gasteiger partial charge on any atom is -0.317 e. The van der Waals surface area contributed by atoms with E-state index in [-0.39, 0.29) is 0 Å². The van der Waals surface area contributed by atoms with Gasteiger partial charge >= 0.3 is 0 Å². The first kappa shape index (κ1) is 14.7. The molecule has 1 aliphatic rings. The molecule has 0 amide bonds. The molecule has 1 aromatic carbocycles. The number of benzene rings is 1. The van der Waals surface area contributed by atoms with Gasteiger partial charge in [-0.2, -0.15) is 10.2 Å². The molecule has 1 N–H and O–H groups in total. The van der Waals surface area contributed by atoms with Crippen LogP contribution in [0.5, 0.6) is 0 Å². The Morgan fingerprint density at radius 2 is 2.09 bits per heavy atom. The summed E-state index contributed by atoms with van der Waals surface area (Å²) >= 11 is 6.58. The van der Waals surface area contributed by atoms with E-state index < -0.39 is 0 Å². The molecule has 0 aliphatic carbocycles. The maximum absolute atomic E-state index is 6.58. The highest BCUT2D eigenvalue weighted by atomic mass is 35.5. The lowest BCUT2D eigenvalue weighted by Gasteiger charge is -2.16. The highest BCUT2D eigenvalue weighted by Crippen LogP contribution is 2.35. The van der Waals surface area contributed by atoms with Gasteiger partial charge in [0, 0.05) is 17.5 Å². The van der Waals surface area contributed by atoms with Crippen molar-refractivity contribution in [2.24, 2.45) is 7.05 Å². The molecule has 0 bridgehead atoms. The summed E-state index contributed by atoms with van der Waals surface area (Å²) < 4.78 is 3.73. The van der Waals surface area contributed by atoms with E-state index >= 15 is 0 Å². The van der Waals surface area contributed by atoms with Crippen LogP contribution in [-0.4, -0.2) is 32.7 Å². The van der Waals surface area contributed by atoms with Gasteiger partial charge in [0.2, 0.25) is 0 Å². The number of aryl methyl sites for hydroxylation is 1. The number of rotatable bonds is 2. The molecule has 1 aliphatic heterocycles. The molecule has 1 fully saturated rings. The van der Waals surface area contributed by atoms with Crippen LogP contribution >= 0.6 is 11.6 Å². The maximum Gasteiger partial charge on any atom is 0.103 e. The van der Waals surface area contributed by atoms with E-state index in [1.54, 1.807) is 4.68 Å². The van der Waals surface area contributed by atoms with E-state index in [9.17, 15) is 0 Å². The van der Waals surface area contributed by atoms with Crippen molar-refractivity contribution in [2.75, 3.05) is 13.1 Å². The summed E-state index contributed by atoms with van der Waals surface area (Å²) in [5, 5.41) is 14.1. The largest absolute Gasteiger partial charge is 0.317 e. The molecule has 5 nitrogen and oxygen atoms in total. The molecule has 0 radical (unpaired) electrons. The third kappa shape index (κ3) is 2.75. The van der Waals surface area contributed by atoms with Crippen LogP contribution in [0.25, 0.3) is 16.6 Å². The number of hydrogen-bond acceptors (Lipinski definition) is 3. The molecule has 1 atom stereocenters. The highest BCUT2D eigenvalue weighted by Gasteiger charge is 2.19. The predicted octanol–water partition coefficient (Wildman–Crippen LogP) is 3.27. The van der Waals surface area contributed by atoms with E-state index in [2.05, 4.69) is 21.6 Å². The Kier molecular flexibility index (Phi) is 3.83. The van der Waals surface area contributed by atoms with E-state index in [0.717, 1.165) is 41.1 Å². The van der Waals surface area contributed by atoms with Gasteiger partial charge in [0.15, 0.2) is 0 Å². The van der Waals surface area contributed by atoms with Gasteiger partial charge in [-0.05, 0) is 56.0 Å². The number of aromatic nitrogens is 4. The quantitative estimate of drug-likeness (QED) is 0.785. The first-order valence-corrected chi connectivity index (χ1v) is 8.47. The van der Waals surface area contributed by atoms with Crippen LogP contribution in [0, 0.1) is 0 Å². The monoisotopic (exact) mass is 329 g/mol. The fraction of sp³-hybridized carbons (Fsp3) is 0.412. The molecule has 6 heteroatoms. The van der Waals surface area contributed by atoms with Gasteiger partial charge in [-0.1, -0.05) is 11.6 Å². The summed E-state index contributed by atoms with van der Waals surface area (Å²) in [6.45, 7) is 2.16. The van der Waals surface area contributed by atoms with Crippen LogP contribution in [0.1, 0.15) is 30.7 Å². The molecule has 4 rings (SSSR count). The number of fused-ring (bicyclic) bond motifs is 1. The highest BCUT2D eigenvalue weighted by molar-refractivity contribution is 6.32. The molecule has 0 spiro atoms. The van der Waals surface area contributed by atoms with Crippen LogP contribution < -0.4 is 5.32 Å². The third-order valence-corrected chi connectivity index (χ3v) is 4.97. The van der Waals surface area contributed by atoms with Gasteiger partial charge in [0.25, 0.3) is 0 Å². The molecule has 2 aromatic heterocycles. The van der Waals surface area contributed by atoms with Crippen LogP contribution in [-0.2, 0) is 7.05 Å². The van der Waals surface area contributed by atoms with Crippen LogP contribution in [0.4, 0.5) is 0 Å². The second-order valence-electron chi connectivity index (χ2n) is 6.24. The van der Waals surface area contributed by atoms with Crippen molar-refractivity contribution in [3.63, 3.8) is 0 Å². The zero-order valence-electron chi connectivity index (χ0n) is 13.2. The first-order chi connectivity index (χ1) is 11.2. The van der Waals surface area contributed by atoms with Crippen molar-refractivity contribution in [3.8, 4) is 5.69 Å². The Balaban J connectivity index is 1.81. The van der Waals surface area contributed by atoms with Crippen molar-refractivity contribution in [2.45, 2.75) is 25.2 Å². The standard InChI is InChI=1S/C17H20ClN5/c1-22-11-14(10-20-22)23-17-8-15(12-3-2-5-19-6-4-12)16(18)7-13(17)9-21-23/h7-12,19H,2-6H2,1H3/t12-/m1/s1. The molecule has 1 saturated heterocycles. The number of halogens is 1. The van der Waals surface area contributed by atoms with Gasteiger partial charge in [-0.15, -0.1) is 0 Å². The minimum absolute atomic E-state index is 0.513. The second-order valence-corrected chi connectivity index (χ2v) is 6.65. The fourth-order valence-corrected chi connectivity index (χ4v) is 3.76. The summed E-state index contributed by atoms with van der Waals surface area (Å²) in [5.74, 6) is 0.513. The lowest BCUT2D eigenvalue weighted by atomic mass is 9.91. The van der Waals surface area contributed by atoms with Gasteiger partial charge in [-0.25, -0.2) is 4.68 Å². The van der Waals surface area contributed by atoms with Gasteiger partial charge < -0.3 is 5.32 Å². The summed E-state index contributed by atoms with van der Waals surface area (Å²) in [6, 6.07) is 4.26. The summed E-state index contributed by atoms with van der Waals surface area (Å²) in [4.78, 5) is 0. The molecule has 3 heterocycles. The van der Waals surface area contributed by atoms with Crippen LogP contribution in [0.3, 0.4) is 0 Å². The summed E-state index contributed by atoms with van der Waals surface area (Å²) in [6.07, 6.45) is 9.17. The average molecular weight is 330 g/mol. The minimum atomic E-state index is 0.513. The smallest absolute Gasteiger partial charge is 0.103 e. The molecule has 120 valence electrons. The Bertz CT molecular complexity index is 827. The molecule has 23 heavy (non-hydrogen) atoms.